The van der Waals surface area contributed by atoms with Crippen molar-refractivity contribution in [2.75, 3.05) is 13.2 Å². The van der Waals surface area contributed by atoms with Crippen molar-refractivity contribution in [3.8, 4) is 11.5 Å². The molecule has 24 heavy (non-hydrogen) atoms. The Balaban J connectivity index is 1.67. The van der Waals surface area contributed by atoms with Crippen LogP contribution in [-0.4, -0.2) is 13.2 Å². The highest BCUT2D eigenvalue weighted by Crippen LogP contribution is 2.43. The molecule has 120 valence electrons. The highest BCUT2D eigenvalue weighted by atomic mass is 32.2. The lowest BCUT2D eigenvalue weighted by Crippen LogP contribution is -2.15. The molecule has 0 amide bonds. The molecule has 0 aliphatic carbocycles. The molecule has 4 rings (SSSR count). The maximum absolute atomic E-state index is 5.72. The van der Waals surface area contributed by atoms with Gasteiger partial charge in [0.2, 0.25) is 0 Å². The summed E-state index contributed by atoms with van der Waals surface area (Å²) < 4.78 is 11.3. The number of thioether (sulfide) groups is 1. The van der Waals surface area contributed by atoms with Crippen LogP contribution in [0.3, 0.4) is 0 Å². The zero-order valence-corrected chi connectivity index (χ0v) is 14.0. The fourth-order valence-electron chi connectivity index (χ4n) is 2.82. The molecule has 0 spiro atoms. The van der Waals surface area contributed by atoms with Crippen LogP contribution in [0.5, 0.6) is 11.5 Å². The Labute approximate surface area is 146 Å². The molecule has 0 N–H and O–H groups in total. The third kappa shape index (κ3) is 3.26. The molecule has 0 aromatic heterocycles. The molecule has 0 bridgehead atoms. The van der Waals surface area contributed by atoms with Gasteiger partial charge in [-0.25, -0.2) is 0 Å². The van der Waals surface area contributed by atoms with Crippen LogP contribution in [0.15, 0.2) is 83.8 Å². The topological polar surface area (TPSA) is 18.5 Å². The van der Waals surface area contributed by atoms with Crippen LogP contribution < -0.4 is 9.47 Å². The van der Waals surface area contributed by atoms with E-state index < -0.39 is 0 Å². The van der Waals surface area contributed by atoms with Gasteiger partial charge in [0.05, 0.1) is 5.25 Å². The van der Waals surface area contributed by atoms with Crippen LogP contribution in [0, 0.1) is 0 Å². The number of benzene rings is 3. The van der Waals surface area contributed by atoms with Crippen LogP contribution in [-0.2, 0) is 0 Å². The fraction of sp³-hybridized carbons (Fsp3) is 0.143. The van der Waals surface area contributed by atoms with Crippen molar-refractivity contribution >= 4 is 11.8 Å². The van der Waals surface area contributed by atoms with Crippen molar-refractivity contribution < 1.29 is 9.47 Å². The van der Waals surface area contributed by atoms with Gasteiger partial charge >= 0.3 is 0 Å². The van der Waals surface area contributed by atoms with Crippen molar-refractivity contribution in [1.29, 1.82) is 0 Å². The van der Waals surface area contributed by atoms with E-state index in [-0.39, 0.29) is 5.25 Å². The molecule has 3 aromatic rings. The first kappa shape index (κ1) is 15.2. The molecule has 0 saturated heterocycles. The summed E-state index contributed by atoms with van der Waals surface area (Å²) in [7, 11) is 0. The molecule has 2 nitrogen and oxygen atoms in total. The Hall–Kier alpha value is -2.39. The van der Waals surface area contributed by atoms with E-state index in [4.69, 9.17) is 9.47 Å². The van der Waals surface area contributed by atoms with Crippen molar-refractivity contribution in [2.24, 2.45) is 0 Å². The van der Waals surface area contributed by atoms with E-state index in [0.29, 0.717) is 13.2 Å². The number of fused-ring (bicyclic) bond motifs is 1. The van der Waals surface area contributed by atoms with Crippen molar-refractivity contribution in [3.63, 3.8) is 0 Å². The molecule has 3 aromatic carbocycles. The monoisotopic (exact) mass is 334 g/mol. The van der Waals surface area contributed by atoms with Crippen molar-refractivity contribution in [3.05, 3.63) is 90.0 Å². The summed E-state index contributed by atoms with van der Waals surface area (Å²) in [5, 5.41) is 0.245. The molecule has 1 aliphatic heterocycles. The van der Waals surface area contributed by atoms with E-state index in [9.17, 15) is 0 Å². The van der Waals surface area contributed by atoms with Gasteiger partial charge in [-0.15, -0.1) is 11.8 Å². The predicted molar refractivity (Wildman–Crippen MR) is 98.0 cm³/mol. The SMILES string of the molecule is c1ccc(C(Sc2ccc3c(c2)OCCO3)c2ccccc2)cc1. The van der Waals surface area contributed by atoms with E-state index >= 15 is 0 Å². The third-order valence-corrected chi connectivity index (χ3v) is 5.28. The normalized spacial score (nSPS) is 13.0. The molecule has 0 unspecified atom stereocenters. The quantitative estimate of drug-likeness (QED) is 0.600. The summed E-state index contributed by atoms with van der Waals surface area (Å²) >= 11 is 1.83. The van der Waals surface area contributed by atoms with Gasteiger partial charge in [-0.1, -0.05) is 60.7 Å². The zero-order valence-electron chi connectivity index (χ0n) is 13.2. The summed E-state index contributed by atoms with van der Waals surface area (Å²) in [6, 6.07) is 27.4. The van der Waals surface area contributed by atoms with Gasteiger partial charge in [0, 0.05) is 4.90 Å². The second-order valence-electron chi connectivity index (χ2n) is 5.62. The molecular weight excluding hydrogens is 316 g/mol. The minimum Gasteiger partial charge on any atom is -0.486 e. The lowest BCUT2D eigenvalue weighted by Gasteiger charge is -2.21. The van der Waals surface area contributed by atoms with Gasteiger partial charge in [0.25, 0.3) is 0 Å². The molecule has 3 heteroatoms. The van der Waals surface area contributed by atoms with Crippen LogP contribution >= 0.6 is 11.8 Å². The van der Waals surface area contributed by atoms with E-state index in [1.807, 2.05) is 17.8 Å². The van der Waals surface area contributed by atoms with E-state index in [2.05, 4.69) is 72.8 Å². The van der Waals surface area contributed by atoms with Gasteiger partial charge in [0.15, 0.2) is 11.5 Å². The van der Waals surface area contributed by atoms with Crippen LogP contribution in [0.2, 0.25) is 0 Å². The van der Waals surface area contributed by atoms with Crippen molar-refractivity contribution in [2.45, 2.75) is 10.1 Å². The molecule has 1 heterocycles. The molecular formula is C21H18O2S. The predicted octanol–water partition coefficient (Wildman–Crippen LogP) is 5.34. The highest BCUT2D eigenvalue weighted by molar-refractivity contribution is 7.99. The van der Waals surface area contributed by atoms with Crippen LogP contribution in [0.25, 0.3) is 0 Å². The minimum absolute atomic E-state index is 0.245. The maximum Gasteiger partial charge on any atom is 0.162 e. The average molecular weight is 334 g/mol. The van der Waals surface area contributed by atoms with Gasteiger partial charge in [-0.3, -0.25) is 0 Å². The molecule has 0 radical (unpaired) electrons. The van der Waals surface area contributed by atoms with E-state index in [0.717, 1.165) is 11.5 Å². The van der Waals surface area contributed by atoms with Gasteiger partial charge in [0.1, 0.15) is 13.2 Å². The first-order valence-corrected chi connectivity index (χ1v) is 8.94. The van der Waals surface area contributed by atoms with Gasteiger partial charge in [-0.05, 0) is 29.3 Å². The number of rotatable bonds is 4. The Morgan fingerprint density at radius 2 is 1.25 bits per heavy atom. The molecule has 0 atom stereocenters. The van der Waals surface area contributed by atoms with Gasteiger partial charge < -0.3 is 9.47 Å². The Morgan fingerprint density at radius 3 is 1.88 bits per heavy atom. The highest BCUT2D eigenvalue weighted by Gasteiger charge is 2.18. The Kier molecular flexibility index (Phi) is 4.43. The lowest BCUT2D eigenvalue weighted by atomic mass is 10.0. The smallest absolute Gasteiger partial charge is 0.162 e. The molecule has 0 saturated carbocycles. The minimum atomic E-state index is 0.245. The second kappa shape index (κ2) is 7.02. The first-order chi connectivity index (χ1) is 11.9. The zero-order chi connectivity index (χ0) is 16.2. The standard InChI is InChI=1S/C21H18O2S/c1-3-7-16(8-4-1)21(17-9-5-2-6-10-17)24-18-11-12-19-20(15-18)23-14-13-22-19/h1-12,15,21H,13-14H2. The Bertz CT molecular complexity index is 763. The summed E-state index contributed by atoms with van der Waals surface area (Å²) in [5.74, 6) is 1.67. The average Bonchev–Trinajstić information content (AvgIpc) is 2.67. The lowest BCUT2D eigenvalue weighted by molar-refractivity contribution is 0.171. The summed E-state index contributed by atoms with van der Waals surface area (Å²) in [6.45, 7) is 1.23. The largest absolute Gasteiger partial charge is 0.486 e. The summed E-state index contributed by atoms with van der Waals surface area (Å²) in [4.78, 5) is 1.18. The third-order valence-electron chi connectivity index (χ3n) is 3.97. The summed E-state index contributed by atoms with van der Waals surface area (Å²) in [6.07, 6.45) is 0. The number of hydrogen-bond donors (Lipinski definition) is 0. The number of hydrogen-bond acceptors (Lipinski definition) is 3. The van der Waals surface area contributed by atoms with Crippen LogP contribution in [0.4, 0.5) is 0 Å². The maximum atomic E-state index is 5.72. The molecule has 0 fully saturated rings. The first-order valence-electron chi connectivity index (χ1n) is 8.06. The van der Waals surface area contributed by atoms with Crippen LogP contribution in [0.1, 0.15) is 16.4 Å². The second-order valence-corrected chi connectivity index (χ2v) is 6.80. The number of ether oxygens (including phenoxy) is 2. The van der Waals surface area contributed by atoms with E-state index in [1.165, 1.54) is 16.0 Å². The summed E-state index contributed by atoms with van der Waals surface area (Å²) in [5.41, 5.74) is 2.59. The van der Waals surface area contributed by atoms with Crippen molar-refractivity contribution in [1.82, 2.24) is 0 Å². The van der Waals surface area contributed by atoms with Gasteiger partial charge in [-0.2, -0.15) is 0 Å². The Morgan fingerprint density at radius 1 is 0.667 bits per heavy atom. The molecule has 1 aliphatic rings. The fourth-order valence-corrected chi connectivity index (χ4v) is 4.00. The van der Waals surface area contributed by atoms with E-state index in [1.54, 1.807) is 0 Å².